The van der Waals surface area contributed by atoms with Gasteiger partial charge in [0.15, 0.2) is 0 Å². The standard InChI is InChI=1S/C11H16N2O3/c1-16-7-6-11(10(13)15)4-2-8(3-5-11)9(12)14/h2-4H,5-7H2,1H3,(H2,12,14)(H2,13,15). The Morgan fingerprint density at radius 1 is 1.50 bits per heavy atom. The summed E-state index contributed by atoms with van der Waals surface area (Å²) in [7, 11) is 1.56. The highest BCUT2D eigenvalue weighted by Gasteiger charge is 2.34. The van der Waals surface area contributed by atoms with Crippen molar-refractivity contribution in [1.29, 1.82) is 0 Å². The van der Waals surface area contributed by atoms with Gasteiger partial charge < -0.3 is 16.2 Å². The van der Waals surface area contributed by atoms with Crippen molar-refractivity contribution >= 4 is 11.8 Å². The molecule has 0 saturated carbocycles. The minimum Gasteiger partial charge on any atom is -0.385 e. The number of nitrogens with two attached hydrogens (primary N) is 2. The Balaban J connectivity index is 2.83. The molecule has 1 aliphatic carbocycles. The van der Waals surface area contributed by atoms with Gasteiger partial charge in [-0.15, -0.1) is 0 Å². The van der Waals surface area contributed by atoms with Crippen LogP contribution in [0.1, 0.15) is 12.8 Å². The van der Waals surface area contributed by atoms with Crippen molar-refractivity contribution in [3.8, 4) is 0 Å². The average Bonchev–Trinajstić information content (AvgIpc) is 2.26. The van der Waals surface area contributed by atoms with Crippen molar-refractivity contribution in [2.45, 2.75) is 12.8 Å². The van der Waals surface area contributed by atoms with E-state index >= 15 is 0 Å². The van der Waals surface area contributed by atoms with Crippen LogP contribution in [0.2, 0.25) is 0 Å². The first kappa shape index (κ1) is 12.4. The van der Waals surface area contributed by atoms with Crippen LogP contribution in [0.15, 0.2) is 23.8 Å². The lowest BCUT2D eigenvalue weighted by atomic mass is 9.77. The van der Waals surface area contributed by atoms with Crippen LogP contribution in [-0.4, -0.2) is 25.5 Å². The second-order valence-corrected chi connectivity index (χ2v) is 3.82. The lowest BCUT2D eigenvalue weighted by Crippen LogP contribution is -2.37. The zero-order valence-corrected chi connectivity index (χ0v) is 9.23. The molecule has 1 atom stereocenters. The van der Waals surface area contributed by atoms with E-state index in [0.717, 1.165) is 0 Å². The van der Waals surface area contributed by atoms with Crippen LogP contribution >= 0.6 is 0 Å². The summed E-state index contributed by atoms with van der Waals surface area (Å²) in [6.45, 7) is 0.438. The summed E-state index contributed by atoms with van der Waals surface area (Å²) in [5, 5.41) is 0. The Morgan fingerprint density at radius 3 is 2.56 bits per heavy atom. The molecule has 0 saturated heterocycles. The number of hydrogen-bond acceptors (Lipinski definition) is 3. The van der Waals surface area contributed by atoms with Gasteiger partial charge in [-0.2, -0.15) is 0 Å². The molecule has 88 valence electrons. The molecule has 0 bridgehead atoms. The Kier molecular flexibility index (Phi) is 3.84. The van der Waals surface area contributed by atoms with Crippen molar-refractivity contribution in [2.24, 2.45) is 16.9 Å². The highest BCUT2D eigenvalue weighted by Crippen LogP contribution is 2.33. The second-order valence-electron chi connectivity index (χ2n) is 3.82. The first-order valence-corrected chi connectivity index (χ1v) is 5.00. The Bertz CT molecular complexity index is 360. The van der Waals surface area contributed by atoms with Crippen molar-refractivity contribution in [1.82, 2.24) is 0 Å². The molecule has 0 heterocycles. The Hall–Kier alpha value is -1.62. The molecule has 0 spiro atoms. The van der Waals surface area contributed by atoms with Gasteiger partial charge in [0.05, 0.1) is 5.41 Å². The van der Waals surface area contributed by atoms with E-state index in [1.165, 1.54) is 0 Å². The summed E-state index contributed by atoms with van der Waals surface area (Å²) in [4.78, 5) is 22.3. The van der Waals surface area contributed by atoms with Crippen LogP contribution in [0.5, 0.6) is 0 Å². The first-order chi connectivity index (χ1) is 7.52. The van der Waals surface area contributed by atoms with Crippen LogP contribution in [0.4, 0.5) is 0 Å². The molecule has 5 heteroatoms. The quantitative estimate of drug-likeness (QED) is 0.680. The van der Waals surface area contributed by atoms with Gasteiger partial charge in [0.25, 0.3) is 0 Å². The number of allylic oxidation sites excluding steroid dienone is 1. The van der Waals surface area contributed by atoms with Crippen LogP contribution < -0.4 is 11.5 Å². The van der Waals surface area contributed by atoms with E-state index in [1.807, 2.05) is 0 Å². The molecule has 0 aliphatic heterocycles. The van der Waals surface area contributed by atoms with Crippen LogP contribution in [-0.2, 0) is 14.3 Å². The number of carbonyl (C=O) groups excluding carboxylic acids is 2. The van der Waals surface area contributed by atoms with Gasteiger partial charge in [0, 0.05) is 19.3 Å². The van der Waals surface area contributed by atoms with E-state index in [0.29, 0.717) is 25.0 Å². The molecule has 4 N–H and O–H groups in total. The summed E-state index contributed by atoms with van der Waals surface area (Å²) >= 11 is 0. The topological polar surface area (TPSA) is 95.4 Å². The molecule has 1 rings (SSSR count). The highest BCUT2D eigenvalue weighted by molar-refractivity contribution is 5.96. The maximum Gasteiger partial charge on any atom is 0.248 e. The molecule has 0 aromatic heterocycles. The SMILES string of the molecule is COCCC1(C(N)=O)C=CC(C(N)=O)=CC1. The normalized spacial score (nSPS) is 23.9. The number of ether oxygens (including phenoxy) is 1. The molecule has 16 heavy (non-hydrogen) atoms. The average molecular weight is 224 g/mol. The summed E-state index contributed by atoms with van der Waals surface area (Å²) in [5.74, 6) is -0.915. The second kappa shape index (κ2) is 4.94. The molecule has 1 aliphatic rings. The molecule has 0 radical (unpaired) electrons. The number of rotatable bonds is 5. The Morgan fingerprint density at radius 2 is 2.19 bits per heavy atom. The zero-order valence-electron chi connectivity index (χ0n) is 9.23. The summed E-state index contributed by atoms with van der Waals surface area (Å²) in [6, 6.07) is 0. The summed E-state index contributed by atoms with van der Waals surface area (Å²) in [6.07, 6.45) is 5.72. The van der Waals surface area contributed by atoms with Gasteiger partial charge in [-0.25, -0.2) is 0 Å². The highest BCUT2D eigenvalue weighted by atomic mass is 16.5. The minimum absolute atomic E-state index is 0.389. The Labute approximate surface area is 94.1 Å². The largest absolute Gasteiger partial charge is 0.385 e. The molecule has 5 nitrogen and oxygen atoms in total. The third kappa shape index (κ3) is 2.49. The molecule has 2 amide bonds. The monoisotopic (exact) mass is 224 g/mol. The smallest absolute Gasteiger partial charge is 0.248 e. The molecule has 0 fully saturated rings. The number of primary amides is 2. The van der Waals surface area contributed by atoms with E-state index in [1.54, 1.807) is 25.3 Å². The molecular weight excluding hydrogens is 208 g/mol. The van der Waals surface area contributed by atoms with Gasteiger partial charge in [0.2, 0.25) is 11.8 Å². The zero-order chi connectivity index (χ0) is 12.2. The summed E-state index contributed by atoms with van der Waals surface area (Å²) in [5.41, 5.74) is 10.2. The van der Waals surface area contributed by atoms with Crippen molar-refractivity contribution < 1.29 is 14.3 Å². The van der Waals surface area contributed by atoms with E-state index in [2.05, 4.69) is 0 Å². The maximum atomic E-state index is 11.4. The number of carbonyl (C=O) groups is 2. The number of amides is 2. The van der Waals surface area contributed by atoms with E-state index in [4.69, 9.17) is 16.2 Å². The van der Waals surface area contributed by atoms with Crippen LogP contribution in [0.3, 0.4) is 0 Å². The minimum atomic E-state index is -0.755. The van der Waals surface area contributed by atoms with Gasteiger partial charge in [-0.1, -0.05) is 18.2 Å². The third-order valence-corrected chi connectivity index (χ3v) is 2.80. The van der Waals surface area contributed by atoms with E-state index < -0.39 is 17.2 Å². The fourth-order valence-electron chi connectivity index (χ4n) is 1.64. The fourth-order valence-corrected chi connectivity index (χ4v) is 1.64. The predicted molar refractivity (Wildman–Crippen MR) is 59.2 cm³/mol. The van der Waals surface area contributed by atoms with Crippen LogP contribution in [0, 0.1) is 5.41 Å². The maximum absolute atomic E-state index is 11.4. The molecule has 1 unspecified atom stereocenters. The van der Waals surface area contributed by atoms with Gasteiger partial charge in [0.1, 0.15) is 0 Å². The first-order valence-electron chi connectivity index (χ1n) is 5.00. The van der Waals surface area contributed by atoms with Gasteiger partial charge in [-0.3, -0.25) is 9.59 Å². The fraction of sp³-hybridized carbons (Fsp3) is 0.455. The van der Waals surface area contributed by atoms with E-state index in [9.17, 15) is 9.59 Å². The van der Waals surface area contributed by atoms with Crippen molar-refractivity contribution in [2.75, 3.05) is 13.7 Å². The van der Waals surface area contributed by atoms with Gasteiger partial charge >= 0.3 is 0 Å². The third-order valence-electron chi connectivity index (χ3n) is 2.80. The summed E-state index contributed by atoms with van der Waals surface area (Å²) < 4.78 is 4.94. The van der Waals surface area contributed by atoms with Crippen molar-refractivity contribution in [3.05, 3.63) is 23.8 Å². The van der Waals surface area contributed by atoms with Crippen molar-refractivity contribution in [3.63, 3.8) is 0 Å². The number of hydrogen-bond donors (Lipinski definition) is 2. The lowest BCUT2D eigenvalue weighted by molar-refractivity contribution is -0.126. The predicted octanol–water partition coefficient (Wildman–Crippen LogP) is -0.134. The molecule has 0 aromatic carbocycles. The van der Waals surface area contributed by atoms with Crippen LogP contribution in [0.25, 0.3) is 0 Å². The molecule has 0 aromatic rings. The van der Waals surface area contributed by atoms with E-state index in [-0.39, 0.29) is 0 Å². The number of methoxy groups -OCH3 is 1. The van der Waals surface area contributed by atoms with Gasteiger partial charge in [-0.05, 0) is 12.8 Å². The lowest BCUT2D eigenvalue weighted by Gasteiger charge is -2.28. The molecular formula is C11H16N2O3.